The van der Waals surface area contributed by atoms with Crippen molar-refractivity contribution in [3.05, 3.63) is 35.4 Å². The normalized spacial score (nSPS) is 10.6. The van der Waals surface area contributed by atoms with Gasteiger partial charge in [-0.25, -0.2) is 4.79 Å². The lowest BCUT2D eigenvalue weighted by atomic mass is 10.2. The average Bonchev–Trinajstić information content (AvgIpc) is 2.89. The van der Waals surface area contributed by atoms with E-state index in [9.17, 15) is 4.79 Å². The number of nitrogens with zero attached hydrogens (tertiary/aromatic N) is 2. The van der Waals surface area contributed by atoms with E-state index in [0.29, 0.717) is 24.7 Å². The molecule has 0 amide bonds. The van der Waals surface area contributed by atoms with Gasteiger partial charge in [-0.1, -0.05) is 5.16 Å². The third-order valence-electron chi connectivity index (χ3n) is 2.24. The van der Waals surface area contributed by atoms with Gasteiger partial charge < -0.3 is 19.4 Å². The molecule has 0 aliphatic carbocycles. The van der Waals surface area contributed by atoms with Crippen LogP contribution in [0, 0.1) is 6.92 Å². The number of carbonyl (C=O) groups is 1. The highest BCUT2D eigenvalue weighted by molar-refractivity contribution is 5.84. The molecule has 0 unspecified atom stereocenters. The molecule has 7 nitrogen and oxygen atoms in total. The summed E-state index contributed by atoms with van der Waals surface area (Å²) in [7, 11) is 0. The highest BCUT2D eigenvalue weighted by Crippen LogP contribution is 2.14. The summed E-state index contributed by atoms with van der Waals surface area (Å²) in [4.78, 5) is 14.5. The van der Waals surface area contributed by atoms with Crippen LogP contribution in [0.5, 0.6) is 0 Å². The zero-order valence-electron chi connectivity index (χ0n) is 9.14. The fourth-order valence-electron chi connectivity index (χ4n) is 1.38. The van der Waals surface area contributed by atoms with Gasteiger partial charge in [-0.3, -0.25) is 0 Å². The van der Waals surface area contributed by atoms with E-state index in [2.05, 4.69) is 20.0 Å². The van der Waals surface area contributed by atoms with Gasteiger partial charge in [0, 0.05) is 12.1 Å². The molecule has 17 heavy (non-hydrogen) atoms. The van der Waals surface area contributed by atoms with E-state index >= 15 is 0 Å². The summed E-state index contributed by atoms with van der Waals surface area (Å²) in [6.45, 7) is 2.65. The second kappa shape index (κ2) is 4.79. The van der Waals surface area contributed by atoms with E-state index in [1.807, 2.05) is 0 Å². The predicted octanol–water partition coefficient (Wildman–Crippen LogP) is 0.959. The number of hydrogen-bond acceptors (Lipinski definition) is 6. The minimum absolute atomic E-state index is 0.0566. The number of nitrogens with one attached hydrogen (secondary N) is 1. The summed E-state index contributed by atoms with van der Waals surface area (Å²) in [5.41, 5.74) is 0.797. The maximum absolute atomic E-state index is 10.7. The van der Waals surface area contributed by atoms with Crippen LogP contribution in [0.3, 0.4) is 0 Å². The molecule has 0 radical (unpaired) electrons. The van der Waals surface area contributed by atoms with Crippen LogP contribution in [-0.4, -0.2) is 21.2 Å². The quantitative estimate of drug-likeness (QED) is 0.798. The molecule has 0 atom stereocenters. The molecule has 7 heteroatoms. The van der Waals surface area contributed by atoms with Gasteiger partial charge in [0.1, 0.15) is 5.76 Å². The van der Waals surface area contributed by atoms with Crippen LogP contribution in [0.1, 0.15) is 27.7 Å². The smallest absolute Gasteiger partial charge is 0.371 e. The minimum Gasteiger partial charge on any atom is -0.475 e. The van der Waals surface area contributed by atoms with Crippen LogP contribution in [0.2, 0.25) is 0 Å². The first-order valence-corrected chi connectivity index (χ1v) is 4.95. The van der Waals surface area contributed by atoms with Gasteiger partial charge >= 0.3 is 5.97 Å². The summed E-state index contributed by atoms with van der Waals surface area (Å²) in [5.74, 6) is 0.00370. The van der Waals surface area contributed by atoms with Crippen molar-refractivity contribution in [2.24, 2.45) is 0 Å². The first-order valence-electron chi connectivity index (χ1n) is 4.95. The van der Waals surface area contributed by atoms with Crippen molar-refractivity contribution < 1.29 is 18.8 Å². The SMILES string of the molecule is Cc1oc(C(=O)O)cc1CNCc1ncon1. The Labute approximate surface area is 96.4 Å². The number of carboxylic acid groups (broad SMARTS) is 1. The Kier molecular flexibility index (Phi) is 3.20. The molecule has 2 rings (SSSR count). The van der Waals surface area contributed by atoms with Gasteiger partial charge in [-0.2, -0.15) is 4.98 Å². The lowest BCUT2D eigenvalue weighted by molar-refractivity contribution is 0.0661. The molecule has 0 saturated carbocycles. The van der Waals surface area contributed by atoms with Crippen molar-refractivity contribution in [3.8, 4) is 0 Å². The van der Waals surface area contributed by atoms with E-state index in [1.165, 1.54) is 12.5 Å². The van der Waals surface area contributed by atoms with E-state index in [4.69, 9.17) is 9.52 Å². The lowest BCUT2D eigenvalue weighted by Gasteiger charge is -1.99. The standard InChI is InChI=1S/C10H11N3O4/c1-6-7(2-8(17-6)10(14)15)3-11-4-9-12-5-16-13-9/h2,5,11H,3-4H2,1H3,(H,14,15). The van der Waals surface area contributed by atoms with Crippen LogP contribution in [0.4, 0.5) is 0 Å². The summed E-state index contributed by atoms with van der Waals surface area (Å²) in [5, 5.41) is 15.4. The average molecular weight is 237 g/mol. The molecule has 0 aromatic carbocycles. The first-order chi connectivity index (χ1) is 8.16. The predicted molar refractivity (Wildman–Crippen MR) is 55.2 cm³/mol. The Morgan fingerprint density at radius 1 is 1.53 bits per heavy atom. The van der Waals surface area contributed by atoms with Crippen molar-refractivity contribution in [1.82, 2.24) is 15.5 Å². The number of aryl methyl sites for hydroxylation is 1. The van der Waals surface area contributed by atoms with Crippen LogP contribution < -0.4 is 5.32 Å². The summed E-state index contributed by atoms with van der Waals surface area (Å²) >= 11 is 0. The first kappa shape index (κ1) is 11.3. The van der Waals surface area contributed by atoms with Crippen LogP contribution in [-0.2, 0) is 13.1 Å². The second-order valence-corrected chi connectivity index (χ2v) is 3.45. The fraction of sp³-hybridized carbons (Fsp3) is 0.300. The van der Waals surface area contributed by atoms with Gasteiger partial charge in [0.2, 0.25) is 12.2 Å². The number of rotatable bonds is 5. The molecule has 0 fully saturated rings. The number of carboxylic acids is 1. The maximum Gasteiger partial charge on any atom is 0.371 e. The minimum atomic E-state index is -1.07. The monoisotopic (exact) mass is 237 g/mol. The largest absolute Gasteiger partial charge is 0.475 e. The van der Waals surface area contributed by atoms with Crippen molar-refractivity contribution in [3.63, 3.8) is 0 Å². The maximum atomic E-state index is 10.7. The number of furan rings is 1. The van der Waals surface area contributed by atoms with Crippen molar-refractivity contribution in [1.29, 1.82) is 0 Å². The van der Waals surface area contributed by atoms with E-state index in [-0.39, 0.29) is 5.76 Å². The van der Waals surface area contributed by atoms with Crippen LogP contribution in [0.15, 0.2) is 21.4 Å². The molecule has 0 bridgehead atoms. The Morgan fingerprint density at radius 2 is 2.35 bits per heavy atom. The van der Waals surface area contributed by atoms with Gasteiger partial charge in [0.25, 0.3) is 0 Å². The molecule has 0 aliphatic heterocycles. The Balaban J connectivity index is 1.92. The van der Waals surface area contributed by atoms with Gasteiger partial charge in [-0.15, -0.1) is 0 Å². The lowest BCUT2D eigenvalue weighted by Crippen LogP contribution is -2.13. The number of hydrogen-bond donors (Lipinski definition) is 2. The zero-order chi connectivity index (χ0) is 12.3. The molecular formula is C10H11N3O4. The molecule has 0 saturated heterocycles. The van der Waals surface area contributed by atoms with E-state index in [1.54, 1.807) is 6.92 Å². The third-order valence-corrected chi connectivity index (χ3v) is 2.24. The summed E-state index contributed by atoms with van der Waals surface area (Å²) in [6, 6.07) is 1.50. The van der Waals surface area contributed by atoms with Crippen molar-refractivity contribution in [2.75, 3.05) is 0 Å². The van der Waals surface area contributed by atoms with Gasteiger partial charge in [0.05, 0.1) is 6.54 Å². The van der Waals surface area contributed by atoms with Gasteiger partial charge in [-0.05, 0) is 13.0 Å². The topological polar surface area (TPSA) is 101 Å². The molecule has 2 aromatic rings. The van der Waals surface area contributed by atoms with E-state index < -0.39 is 5.97 Å². The third kappa shape index (κ3) is 2.70. The fourth-order valence-corrected chi connectivity index (χ4v) is 1.38. The molecule has 90 valence electrons. The number of aromatic nitrogens is 2. The van der Waals surface area contributed by atoms with Crippen LogP contribution in [0.25, 0.3) is 0 Å². The molecule has 0 spiro atoms. The highest BCUT2D eigenvalue weighted by Gasteiger charge is 2.12. The van der Waals surface area contributed by atoms with Crippen molar-refractivity contribution >= 4 is 5.97 Å². The molecule has 2 aromatic heterocycles. The van der Waals surface area contributed by atoms with Crippen molar-refractivity contribution in [2.45, 2.75) is 20.0 Å². The van der Waals surface area contributed by atoms with Gasteiger partial charge in [0.15, 0.2) is 5.82 Å². The van der Waals surface area contributed by atoms with Crippen LogP contribution >= 0.6 is 0 Å². The molecule has 2 heterocycles. The summed E-state index contributed by atoms with van der Waals surface area (Å²) < 4.78 is 9.65. The van der Waals surface area contributed by atoms with E-state index in [0.717, 1.165) is 5.56 Å². The highest BCUT2D eigenvalue weighted by atomic mass is 16.5. The molecule has 0 aliphatic rings. The molecule has 2 N–H and O–H groups in total. The second-order valence-electron chi connectivity index (χ2n) is 3.45. The summed E-state index contributed by atoms with van der Waals surface area (Å²) in [6.07, 6.45) is 1.25. The Morgan fingerprint density at radius 3 is 2.94 bits per heavy atom. The molecular weight excluding hydrogens is 226 g/mol. The Hall–Kier alpha value is -2.15. The Bertz CT molecular complexity index is 504. The zero-order valence-corrected chi connectivity index (χ0v) is 9.14. The number of aromatic carboxylic acids is 1.